The van der Waals surface area contributed by atoms with Gasteiger partial charge in [-0.05, 0) is 42.7 Å². The Morgan fingerprint density at radius 3 is 3.06 bits per heavy atom. The van der Waals surface area contributed by atoms with Crippen LogP contribution in [-0.4, -0.2) is 22.7 Å². The SMILES string of the molecule is Cc1cc2ncccc2cc1CCNC(=O)O. The lowest BCUT2D eigenvalue weighted by atomic mass is 10.0. The van der Waals surface area contributed by atoms with E-state index < -0.39 is 6.09 Å². The van der Waals surface area contributed by atoms with Gasteiger partial charge in [0.2, 0.25) is 0 Å². The molecule has 4 heteroatoms. The average molecular weight is 230 g/mol. The van der Waals surface area contributed by atoms with Crippen molar-refractivity contribution in [1.82, 2.24) is 10.3 Å². The largest absolute Gasteiger partial charge is 0.465 e. The van der Waals surface area contributed by atoms with Crippen molar-refractivity contribution in [2.75, 3.05) is 6.54 Å². The van der Waals surface area contributed by atoms with Gasteiger partial charge in [0.25, 0.3) is 0 Å². The molecule has 0 aliphatic carbocycles. The first-order chi connectivity index (χ1) is 8.16. The summed E-state index contributed by atoms with van der Waals surface area (Å²) in [6, 6.07) is 8.01. The molecule has 1 aromatic heterocycles. The van der Waals surface area contributed by atoms with E-state index in [2.05, 4.69) is 16.4 Å². The van der Waals surface area contributed by atoms with Crippen LogP contribution in [-0.2, 0) is 6.42 Å². The molecule has 0 atom stereocenters. The fourth-order valence-electron chi connectivity index (χ4n) is 1.85. The van der Waals surface area contributed by atoms with Crippen LogP contribution in [0.25, 0.3) is 10.9 Å². The number of benzene rings is 1. The van der Waals surface area contributed by atoms with Crippen molar-refractivity contribution >= 4 is 17.0 Å². The van der Waals surface area contributed by atoms with Crippen LogP contribution in [0.15, 0.2) is 30.5 Å². The standard InChI is InChI=1S/C13H14N2O2/c1-9-7-12-11(3-2-5-14-12)8-10(9)4-6-15-13(16)17/h2-3,5,7-8,15H,4,6H2,1H3,(H,16,17). The summed E-state index contributed by atoms with van der Waals surface area (Å²) in [4.78, 5) is 14.6. The Kier molecular flexibility index (Phi) is 3.23. The zero-order valence-electron chi connectivity index (χ0n) is 9.60. The van der Waals surface area contributed by atoms with Crippen LogP contribution in [0, 0.1) is 6.92 Å². The van der Waals surface area contributed by atoms with Gasteiger partial charge in [0.15, 0.2) is 0 Å². The first kappa shape index (κ1) is 11.4. The third-order valence-electron chi connectivity index (χ3n) is 2.73. The smallest absolute Gasteiger partial charge is 0.404 e. The molecule has 17 heavy (non-hydrogen) atoms. The molecule has 1 aromatic carbocycles. The molecule has 1 heterocycles. The van der Waals surface area contributed by atoms with Gasteiger partial charge in [-0.15, -0.1) is 0 Å². The third kappa shape index (κ3) is 2.72. The maximum absolute atomic E-state index is 10.4. The van der Waals surface area contributed by atoms with E-state index in [-0.39, 0.29) is 0 Å². The molecular weight excluding hydrogens is 216 g/mol. The fraction of sp³-hybridized carbons (Fsp3) is 0.231. The minimum atomic E-state index is -0.981. The number of rotatable bonds is 3. The molecule has 1 amide bonds. The van der Waals surface area contributed by atoms with Crippen molar-refractivity contribution in [3.8, 4) is 0 Å². The lowest BCUT2D eigenvalue weighted by Crippen LogP contribution is -2.23. The van der Waals surface area contributed by atoms with Gasteiger partial charge in [0.05, 0.1) is 5.52 Å². The minimum Gasteiger partial charge on any atom is -0.465 e. The van der Waals surface area contributed by atoms with E-state index in [1.54, 1.807) is 6.20 Å². The van der Waals surface area contributed by atoms with Crippen LogP contribution in [0.2, 0.25) is 0 Å². The molecule has 0 unspecified atom stereocenters. The van der Waals surface area contributed by atoms with Crippen LogP contribution in [0.5, 0.6) is 0 Å². The predicted molar refractivity (Wildman–Crippen MR) is 66.2 cm³/mol. The van der Waals surface area contributed by atoms with Gasteiger partial charge in [-0.1, -0.05) is 6.07 Å². The minimum absolute atomic E-state index is 0.432. The van der Waals surface area contributed by atoms with E-state index in [4.69, 9.17) is 5.11 Å². The molecule has 0 bridgehead atoms. The van der Waals surface area contributed by atoms with Gasteiger partial charge in [-0.3, -0.25) is 4.98 Å². The number of carboxylic acid groups (broad SMARTS) is 1. The Morgan fingerprint density at radius 2 is 2.29 bits per heavy atom. The summed E-state index contributed by atoms with van der Waals surface area (Å²) in [6.07, 6.45) is 1.49. The van der Waals surface area contributed by atoms with Gasteiger partial charge >= 0.3 is 6.09 Å². The number of hydrogen-bond acceptors (Lipinski definition) is 2. The Morgan fingerprint density at radius 1 is 1.47 bits per heavy atom. The third-order valence-corrected chi connectivity index (χ3v) is 2.73. The molecule has 88 valence electrons. The van der Waals surface area contributed by atoms with Gasteiger partial charge in [0.1, 0.15) is 0 Å². The number of fused-ring (bicyclic) bond motifs is 1. The van der Waals surface area contributed by atoms with E-state index in [1.165, 1.54) is 0 Å². The fourth-order valence-corrected chi connectivity index (χ4v) is 1.85. The van der Waals surface area contributed by atoms with E-state index in [0.717, 1.165) is 22.0 Å². The van der Waals surface area contributed by atoms with Crippen molar-refractivity contribution in [3.05, 3.63) is 41.6 Å². The molecule has 0 aliphatic rings. The highest BCUT2D eigenvalue weighted by Crippen LogP contribution is 2.17. The van der Waals surface area contributed by atoms with Gasteiger partial charge in [0, 0.05) is 18.1 Å². The molecule has 0 saturated carbocycles. The predicted octanol–water partition coefficient (Wildman–Crippen LogP) is 2.35. The van der Waals surface area contributed by atoms with Crippen molar-refractivity contribution in [2.24, 2.45) is 0 Å². The number of hydrogen-bond donors (Lipinski definition) is 2. The van der Waals surface area contributed by atoms with Crippen molar-refractivity contribution in [1.29, 1.82) is 0 Å². The van der Waals surface area contributed by atoms with Crippen LogP contribution < -0.4 is 5.32 Å². The van der Waals surface area contributed by atoms with Gasteiger partial charge < -0.3 is 10.4 Å². The summed E-state index contributed by atoms with van der Waals surface area (Å²) in [6.45, 7) is 2.45. The second kappa shape index (κ2) is 4.82. The molecule has 0 fully saturated rings. The van der Waals surface area contributed by atoms with Crippen molar-refractivity contribution < 1.29 is 9.90 Å². The Bertz CT molecular complexity index is 552. The van der Waals surface area contributed by atoms with Crippen LogP contribution >= 0.6 is 0 Å². The first-order valence-electron chi connectivity index (χ1n) is 5.48. The Hall–Kier alpha value is -2.10. The Labute approximate surface area is 99.3 Å². The van der Waals surface area contributed by atoms with Crippen LogP contribution in [0.4, 0.5) is 4.79 Å². The maximum Gasteiger partial charge on any atom is 0.404 e. The lowest BCUT2D eigenvalue weighted by Gasteiger charge is -2.07. The average Bonchev–Trinajstić information content (AvgIpc) is 2.29. The summed E-state index contributed by atoms with van der Waals surface area (Å²) in [5.41, 5.74) is 3.27. The normalized spacial score (nSPS) is 10.4. The van der Waals surface area contributed by atoms with E-state index in [0.29, 0.717) is 13.0 Å². The van der Waals surface area contributed by atoms with E-state index >= 15 is 0 Å². The number of nitrogens with zero attached hydrogens (tertiary/aromatic N) is 1. The van der Waals surface area contributed by atoms with Crippen LogP contribution in [0.3, 0.4) is 0 Å². The van der Waals surface area contributed by atoms with Gasteiger partial charge in [-0.2, -0.15) is 0 Å². The summed E-state index contributed by atoms with van der Waals surface area (Å²) in [5, 5.41) is 12.0. The molecule has 0 saturated heterocycles. The second-order valence-corrected chi connectivity index (χ2v) is 3.96. The van der Waals surface area contributed by atoms with Crippen molar-refractivity contribution in [3.63, 3.8) is 0 Å². The number of aromatic nitrogens is 1. The Balaban J connectivity index is 2.22. The van der Waals surface area contributed by atoms with Crippen LogP contribution in [0.1, 0.15) is 11.1 Å². The van der Waals surface area contributed by atoms with E-state index in [1.807, 2.05) is 25.1 Å². The van der Waals surface area contributed by atoms with Gasteiger partial charge in [-0.25, -0.2) is 4.79 Å². The van der Waals surface area contributed by atoms with Crippen molar-refractivity contribution in [2.45, 2.75) is 13.3 Å². The number of nitrogens with one attached hydrogen (secondary N) is 1. The topological polar surface area (TPSA) is 62.2 Å². The number of amides is 1. The monoisotopic (exact) mass is 230 g/mol. The molecule has 0 spiro atoms. The van der Waals surface area contributed by atoms with E-state index in [9.17, 15) is 4.79 Å². The summed E-state index contributed by atoms with van der Waals surface area (Å²) in [7, 11) is 0. The zero-order chi connectivity index (χ0) is 12.3. The molecule has 2 N–H and O–H groups in total. The highest BCUT2D eigenvalue weighted by atomic mass is 16.4. The summed E-state index contributed by atoms with van der Waals surface area (Å²) < 4.78 is 0. The number of carbonyl (C=O) groups is 1. The zero-order valence-corrected chi connectivity index (χ0v) is 9.60. The molecule has 0 aliphatic heterocycles. The first-order valence-corrected chi connectivity index (χ1v) is 5.48. The molecular formula is C13H14N2O2. The number of aryl methyl sites for hydroxylation is 1. The quantitative estimate of drug-likeness (QED) is 0.850. The summed E-state index contributed by atoms with van der Waals surface area (Å²) in [5.74, 6) is 0. The molecule has 2 aromatic rings. The number of pyridine rings is 1. The second-order valence-electron chi connectivity index (χ2n) is 3.96. The molecule has 4 nitrogen and oxygen atoms in total. The highest BCUT2D eigenvalue weighted by molar-refractivity contribution is 5.80. The summed E-state index contributed by atoms with van der Waals surface area (Å²) >= 11 is 0. The molecule has 2 rings (SSSR count). The lowest BCUT2D eigenvalue weighted by molar-refractivity contribution is 0.194. The highest BCUT2D eigenvalue weighted by Gasteiger charge is 2.03. The maximum atomic E-state index is 10.4. The molecule has 0 radical (unpaired) electrons.